The molecule has 3 heterocycles. The Labute approximate surface area is 333 Å². The van der Waals surface area contributed by atoms with Crippen molar-refractivity contribution in [2.75, 3.05) is 13.7 Å². The summed E-state index contributed by atoms with van der Waals surface area (Å²) in [5.41, 5.74) is 4.51. The number of rotatable bonds is 12. The first-order chi connectivity index (χ1) is 25.7. The Morgan fingerprint density at radius 1 is 0.870 bits per heavy atom. The highest BCUT2D eigenvalue weighted by Gasteiger charge is 2.43. The summed E-state index contributed by atoms with van der Waals surface area (Å²) in [6.07, 6.45) is 0. The number of aromatic nitrogens is 2. The largest absolute Gasteiger partial charge is 0.510 e. The number of aliphatic hydroxyl groups excluding tert-OH is 1. The van der Waals surface area contributed by atoms with Crippen LogP contribution in [0.15, 0.2) is 90.7 Å². The normalized spacial score (nSPS) is 14.3. The minimum atomic E-state index is -1.06. The van der Waals surface area contributed by atoms with Crippen molar-refractivity contribution in [2.24, 2.45) is 0 Å². The third-order valence-electron chi connectivity index (χ3n) is 8.68. The van der Waals surface area contributed by atoms with Gasteiger partial charge in [-0.3, -0.25) is 14.4 Å². The van der Waals surface area contributed by atoms with E-state index in [1.165, 1.54) is 23.1 Å². The summed E-state index contributed by atoms with van der Waals surface area (Å²) in [5, 5.41) is 11.9. The van der Waals surface area contributed by atoms with Crippen LogP contribution in [-0.4, -0.2) is 55.2 Å². The molecule has 1 atom stereocenters. The van der Waals surface area contributed by atoms with E-state index in [1.807, 2.05) is 126 Å². The van der Waals surface area contributed by atoms with E-state index in [0.717, 1.165) is 54.0 Å². The number of ether oxygens (including phenoxy) is 2. The predicted molar refractivity (Wildman–Crippen MR) is 224 cm³/mol. The van der Waals surface area contributed by atoms with Gasteiger partial charge in [-0.2, -0.15) is 0 Å². The standard InChI is InChI=1S/C26H29NO4S2.C16H15NO2S2/c1-6-31-25(29)21(22-17(2)33-24(27-22)19-10-8-7-9-11-19)23(28)26(3,4)32-16-18-12-14-20(30-5)15-13-18;1-9-12(11-13(18)16(2,3)21-15(11)19)17-14(20-9)10-7-5-4-6-8-10/h7-15,21H,6,16H2,1-5H3;4-8,18H,1-3H3. The number of Topliss-reactive ketones (excluding diaryl/α,β-unsaturated/α-hetero) is 1. The first-order valence-corrected chi connectivity index (χ1v) is 20.8. The number of benzene rings is 3. The maximum atomic E-state index is 13.7. The van der Waals surface area contributed by atoms with Crippen molar-refractivity contribution < 1.29 is 29.0 Å². The quantitative estimate of drug-likeness (QED) is 0.0966. The van der Waals surface area contributed by atoms with Crippen LogP contribution in [-0.2, 0) is 24.9 Å². The van der Waals surface area contributed by atoms with Crippen molar-refractivity contribution in [3.63, 3.8) is 0 Å². The number of aliphatic hydroxyl groups is 1. The Balaban J connectivity index is 0.000000228. The maximum absolute atomic E-state index is 13.7. The molecule has 1 unspecified atom stereocenters. The van der Waals surface area contributed by atoms with Crippen LogP contribution in [0.5, 0.6) is 5.75 Å². The Morgan fingerprint density at radius 3 is 1.94 bits per heavy atom. The first kappa shape index (κ1) is 40.9. The zero-order chi connectivity index (χ0) is 39.2. The van der Waals surface area contributed by atoms with E-state index in [1.54, 1.807) is 25.4 Å². The molecule has 1 aliphatic heterocycles. The third kappa shape index (κ3) is 9.34. The van der Waals surface area contributed by atoms with Crippen molar-refractivity contribution in [3.05, 3.63) is 117 Å². The number of hydrogen-bond donors (Lipinski definition) is 1. The first-order valence-electron chi connectivity index (χ1n) is 17.4. The van der Waals surface area contributed by atoms with E-state index in [0.29, 0.717) is 22.7 Å². The topological polar surface area (TPSA) is 116 Å². The average molecular weight is 801 g/mol. The number of methoxy groups -OCH3 is 1. The van der Waals surface area contributed by atoms with Gasteiger partial charge < -0.3 is 14.6 Å². The number of aryl methyl sites for hydroxylation is 2. The maximum Gasteiger partial charge on any atom is 0.322 e. The molecule has 54 heavy (non-hydrogen) atoms. The Hall–Kier alpha value is -4.23. The summed E-state index contributed by atoms with van der Waals surface area (Å²) < 4.78 is 9.13. The molecule has 0 saturated heterocycles. The Morgan fingerprint density at radius 2 is 1.43 bits per heavy atom. The van der Waals surface area contributed by atoms with E-state index in [2.05, 4.69) is 4.98 Å². The van der Waals surface area contributed by atoms with Crippen LogP contribution >= 0.6 is 46.2 Å². The molecule has 282 valence electrons. The predicted octanol–water partition coefficient (Wildman–Crippen LogP) is 10.5. The summed E-state index contributed by atoms with van der Waals surface area (Å²) in [4.78, 5) is 50.0. The molecule has 0 amide bonds. The lowest BCUT2D eigenvalue weighted by atomic mass is 9.91. The highest BCUT2D eigenvalue weighted by molar-refractivity contribution is 8.16. The fourth-order valence-electron chi connectivity index (χ4n) is 5.62. The van der Waals surface area contributed by atoms with Gasteiger partial charge in [0.2, 0.25) is 5.12 Å². The molecule has 0 fully saturated rings. The van der Waals surface area contributed by atoms with Crippen molar-refractivity contribution in [2.45, 2.75) is 69.6 Å². The van der Waals surface area contributed by atoms with Crippen molar-refractivity contribution in [1.82, 2.24) is 9.97 Å². The summed E-state index contributed by atoms with van der Waals surface area (Å²) >= 11 is 5.67. The van der Waals surface area contributed by atoms with Crippen LogP contribution in [0.4, 0.5) is 0 Å². The molecule has 3 aromatic carbocycles. The van der Waals surface area contributed by atoms with Crippen molar-refractivity contribution in [3.8, 4) is 26.9 Å². The average Bonchev–Trinajstić information content (AvgIpc) is 3.79. The van der Waals surface area contributed by atoms with Gasteiger partial charge >= 0.3 is 5.97 Å². The third-order valence-corrected chi connectivity index (χ3v) is 13.2. The minimum Gasteiger partial charge on any atom is -0.510 e. The van der Waals surface area contributed by atoms with Crippen molar-refractivity contribution in [1.29, 1.82) is 0 Å². The summed E-state index contributed by atoms with van der Waals surface area (Å²) in [6, 6.07) is 27.4. The smallest absolute Gasteiger partial charge is 0.322 e. The molecular weight excluding hydrogens is 757 g/mol. The van der Waals surface area contributed by atoms with E-state index in [9.17, 15) is 19.5 Å². The van der Waals surface area contributed by atoms with Gasteiger partial charge in [-0.15, -0.1) is 34.4 Å². The molecule has 1 N–H and O–H groups in total. The van der Waals surface area contributed by atoms with Crippen LogP contribution < -0.4 is 4.74 Å². The van der Waals surface area contributed by atoms with E-state index in [4.69, 9.17) is 14.5 Å². The number of hydrogen-bond acceptors (Lipinski definition) is 12. The second-order valence-corrected chi connectivity index (χ2v) is 19.0. The minimum absolute atomic E-state index is 0.106. The number of carbonyl (C=O) groups excluding carboxylic acids is 3. The summed E-state index contributed by atoms with van der Waals surface area (Å²) in [6.45, 7) is 13.2. The molecule has 6 rings (SSSR count). The summed E-state index contributed by atoms with van der Waals surface area (Å²) in [7, 11) is 1.63. The molecule has 0 aliphatic carbocycles. The van der Waals surface area contributed by atoms with Gasteiger partial charge in [-0.1, -0.05) is 84.6 Å². The van der Waals surface area contributed by atoms with Gasteiger partial charge in [0, 0.05) is 26.6 Å². The molecule has 8 nitrogen and oxygen atoms in total. The molecule has 2 aromatic heterocycles. The zero-order valence-corrected chi connectivity index (χ0v) is 34.9. The fourth-order valence-corrected chi connectivity index (χ4v) is 9.44. The van der Waals surface area contributed by atoms with Gasteiger partial charge in [-0.05, 0) is 66.2 Å². The number of ketones is 1. The number of thioether (sulfide) groups is 2. The van der Waals surface area contributed by atoms with Gasteiger partial charge in [0.05, 0.1) is 40.2 Å². The van der Waals surface area contributed by atoms with Gasteiger partial charge in [0.25, 0.3) is 0 Å². The highest BCUT2D eigenvalue weighted by atomic mass is 32.2. The fraction of sp³-hybridized carbons (Fsp3) is 0.310. The number of thiazole rings is 2. The van der Waals surface area contributed by atoms with Crippen LogP contribution in [0, 0.1) is 13.8 Å². The lowest BCUT2D eigenvalue weighted by Gasteiger charge is -2.26. The molecule has 0 spiro atoms. The number of nitrogens with zero attached hydrogens (tertiary/aromatic N) is 2. The molecule has 12 heteroatoms. The van der Waals surface area contributed by atoms with E-state index >= 15 is 0 Å². The monoisotopic (exact) mass is 800 g/mol. The van der Waals surface area contributed by atoms with Crippen LogP contribution in [0.2, 0.25) is 0 Å². The zero-order valence-electron chi connectivity index (χ0n) is 31.6. The second kappa shape index (κ2) is 17.5. The molecule has 0 saturated carbocycles. The van der Waals surface area contributed by atoms with Crippen LogP contribution in [0.1, 0.15) is 67.2 Å². The Bertz CT molecular complexity index is 2140. The molecule has 5 aromatic rings. The molecular formula is C42H44N2O6S4. The van der Waals surface area contributed by atoms with Gasteiger partial charge in [-0.25, -0.2) is 9.97 Å². The number of carbonyl (C=O) groups is 3. The summed E-state index contributed by atoms with van der Waals surface area (Å²) in [5.74, 6) is -0.262. The van der Waals surface area contributed by atoms with Gasteiger partial charge in [0.1, 0.15) is 21.5 Å². The van der Waals surface area contributed by atoms with E-state index < -0.39 is 21.4 Å². The second-order valence-electron chi connectivity index (χ2n) is 13.4. The molecule has 1 aliphatic rings. The molecule has 0 bridgehead atoms. The molecule has 0 radical (unpaired) electrons. The Kier molecular flexibility index (Phi) is 13.3. The number of esters is 1. The highest BCUT2D eigenvalue weighted by Crippen LogP contribution is 2.47. The van der Waals surface area contributed by atoms with Gasteiger partial charge in [0.15, 0.2) is 11.7 Å². The van der Waals surface area contributed by atoms with Crippen LogP contribution in [0.3, 0.4) is 0 Å². The van der Waals surface area contributed by atoms with E-state index in [-0.39, 0.29) is 23.3 Å². The SMILES string of the molecule is CCOC(=O)C(C(=O)C(C)(C)SCc1ccc(OC)cc1)c1nc(-c2ccccc2)sc1C.Cc1sc(-c2ccccc2)nc1C1=C(O)C(C)(C)SC1=O. The van der Waals surface area contributed by atoms with Crippen molar-refractivity contribution >= 4 is 68.6 Å². The van der Waals surface area contributed by atoms with Crippen LogP contribution in [0.25, 0.3) is 26.7 Å². The lowest BCUT2D eigenvalue weighted by Crippen LogP contribution is -2.38. The lowest BCUT2D eigenvalue weighted by molar-refractivity contribution is -0.148.